The van der Waals surface area contributed by atoms with E-state index in [1.54, 1.807) is 0 Å². The lowest BCUT2D eigenvalue weighted by Crippen LogP contribution is -2.50. The minimum atomic E-state index is -4.42. The highest BCUT2D eigenvalue weighted by Crippen LogP contribution is 2.40. The smallest absolute Gasteiger partial charge is 0.372 e. The van der Waals surface area contributed by atoms with Gasteiger partial charge in [-0.2, -0.15) is 13.2 Å². The van der Waals surface area contributed by atoms with Gasteiger partial charge in [0.1, 0.15) is 5.54 Å². The average Bonchev–Trinajstić information content (AvgIpc) is 2.62. The standard InChI is InChI=1S/C13H13F3N2O/c14-13(15,16)8-1-2-10-9(7-8)11(19)12(18-10)3-5-17-6-4-12/h1-2,7,17-18H,3-6H2. The van der Waals surface area contributed by atoms with Gasteiger partial charge in [0.15, 0.2) is 5.78 Å². The minimum absolute atomic E-state index is 0.164. The van der Waals surface area contributed by atoms with E-state index in [0.717, 1.165) is 12.1 Å². The Balaban J connectivity index is 2.00. The van der Waals surface area contributed by atoms with Crippen molar-refractivity contribution in [1.29, 1.82) is 0 Å². The summed E-state index contributed by atoms with van der Waals surface area (Å²) >= 11 is 0. The van der Waals surface area contributed by atoms with Crippen molar-refractivity contribution in [2.45, 2.75) is 24.6 Å². The van der Waals surface area contributed by atoms with E-state index in [4.69, 9.17) is 0 Å². The van der Waals surface area contributed by atoms with Crippen molar-refractivity contribution < 1.29 is 18.0 Å². The van der Waals surface area contributed by atoms with Crippen LogP contribution in [0.2, 0.25) is 0 Å². The van der Waals surface area contributed by atoms with Crippen molar-refractivity contribution in [3.8, 4) is 0 Å². The van der Waals surface area contributed by atoms with E-state index in [-0.39, 0.29) is 11.3 Å². The van der Waals surface area contributed by atoms with E-state index < -0.39 is 17.3 Å². The molecule has 1 fully saturated rings. The first-order valence-electron chi connectivity index (χ1n) is 6.17. The number of halogens is 3. The number of alkyl halides is 3. The van der Waals surface area contributed by atoms with Gasteiger partial charge in [0.05, 0.1) is 5.56 Å². The average molecular weight is 270 g/mol. The lowest BCUT2D eigenvalue weighted by atomic mass is 9.84. The van der Waals surface area contributed by atoms with E-state index in [0.29, 0.717) is 31.6 Å². The molecule has 1 aromatic rings. The van der Waals surface area contributed by atoms with Crippen molar-refractivity contribution >= 4 is 11.5 Å². The van der Waals surface area contributed by atoms with Crippen LogP contribution in [-0.2, 0) is 6.18 Å². The van der Waals surface area contributed by atoms with Crippen LogP contribution in [0.3, 0.4) is 0 Å². The molecule has 2 N–H and O–H groups in total. The molecule has 0 aliphatic carbocycles. The van der Waals surface area contributed by atoms with Crippen LogP contribution in [0.15, 0.2) is 18.2 Å². The van der Waals surface area contributed by atoms with Crippen LogP contribution in [0.25, 0.3) is 0 Å². The van der Waals surface area contributed by atoms with Gasteiger partial charge >= 0.3 is 6.18 Å². The molecule has 0 amide bonds. The topological polar surface area (TPSA) is 41.1 Å². The predicted octanol–water partition coefficient (Wildman–Crippen LogP) is 2.44. The van der Waals surface area contributed by atoms with E-state index >= 15 is 0 Å². The molecule has 1 aromatic carbocycles. The molecule has 0 saturated carbocycles. The fraction of sp³-hybridized carbons (Fsp3) is 0.462. The molecule has 0 radical (unpaired) electrons. The van der Waals surface area contributed by atoms with Crippen LogP contribution in [0.1, 0.15) is 28.8 Å². The summed E-state index contributed by atoms with van der Waals surface area (Å²) in [5.41, 5.74) is -0.804. The monoisotopic (exact) mass is 270 g/mol. The molecule has 19 heavy (non-hydrogen) atoms. The maximum atomic E-state index is 12.7. The fourth-order valence-electron chi connectivity index (χ4n) is 2.80. The number of anilines is 1. The Hall–Kier alpha value is -1.56. The summed E-state index contributed by atoms with van der Waals surface area (Å²) in [6.07, 6.45) is -3.22. The van der Waals surface area contributed by atoms with Crippen LogP contribution < -0.4 is 10.6 Å². The predicted molar refractivity (Wildman–Crippen MR) is 64.2 cm³/mol. The fourth-order valence-corrected chi connectivity index (χ4v) is 2.80. The second kappa shape index (κ2) is 3.96. The summed E-state index contributed by atoms with van der Waals surface area (Å²) in [4.78, 5) is 12.4. The molecule has 0 atom stereocenters. The third-order valence-electron chi connectivity index (χ3n) is 3.86. The third kappa shape index (κ3) is 1.90. The highest BCUT2D eigenvalue weighted by atomic mass is 19.4. The van der Waals surface area contributed by atoms with E-state index in [1.165, 1.54) is 6.07 Å². The molecule has 102 valence electrons. The SMILES string of the molecule is O=C1c2cc(C(F)(F)F)ccc2NC12CCNCC2. The summed E-state index contributed by atoms with van der Waals surface area (Å²) in [7, 11) is 0. The molecular formula is C13H13F3N2O. The molecule has 2 aliphatic heterocycles. The number of ketones is 1. The Kier molecular flexibility index (Phi) is 2.60. The van der Waals surface area contributed by atoms with Gasteiger partial charge in [0, 0.05) is 11.3 Å². The first-order valence-corrected chi connectivity index (χ1v) is 6.17. The second-order valence-electron chi connectivity index (χ2n) is 5.04. The summed E-state index contributed by atoms with van der Waals surface area (Å²) < 4.78 is 38.0. The van der Waals surface area contributed by atoms with Crippen LogP contribution >= 0.6 is 0 Å². The molecule has 1 saturated heterocycles. The second-order valence-corrected chi connectivity index (χ2v) is 5.04. The molecule has 0 aromatic heterocycles. The number of carbonyl (C=O) groups is 1. The molecule has 1 spiro atoms. The lowest BCUT2D eigenvalue weighted by Gasteiger charge is -2.32. The Morgan fingerprint density at radius 3 is 2.47 bits per heavy atom. The zero-order chi connectivity index (χ0) is 13.7. The summed E-state index contributed by atoms with van der Waals surface area (Å²) in [6, 6.07) is 3.33. The molecule has 2 heterocycles. The van der Waals surface area contributed by atoms with Crippen LogP contribution in [0.4, 0.5) is 18.9 Å². The zero-order valence-corrected chi connectivity index (χ0v) is 10.1. The number of fused-ring (bicyclic) bond motifs is 1. The van der Waals surface area contributed by atoms with E-state index in [2.05, 4.69) is 10.6 Å². The highest BCUT2D eigenvalue weighted by molar-refractivity contribution is 6.13. The molecule has 6 heteroatoms. The number of rotatable bonds is 0. The van der Waals surface area contributed by atoms with Crippen molar-refractivity contribution in [2.75, 3.05) is 18.4 Å². The lowest BCUT2D eigenvalue weighted by molar-refractivity contribution is -0.137. The van der Waals surface area contributed by atoms with Crippen molar-refractivity contribution in [2.24, 2.45) is 0 Å². The number of hydrogen-bond acceptors (Lipinski definition) is 3. The number of Topliss-reactive ketones (excluding diaryl/α,β-unsaturated/α-hetero) is 1. The van der Waals surface area contributed by atoms with Crippen LogP contribution in [0.5, 0.6) is 0 Å². The molecule has 0 unspecified atom stereocenters. The number of carbonyl (C=O) groups excluding carboxylic acids is 1. The van der Waals surface area contributed by atoms with Crippen molar-refractivity contribution in [1.82, 2.24) is 5.32 Å². The molecule has 0 bridgehead atoms. The number of hydrogen-bond donors (Lipinski definition) is 2. The summed E-state index contributed by atoms with van der Waals surface area (Å²) in [5.74, 6) is -0.213. The third-order valence-corrected chi connectivity index (χ3v) is 3.86. The minimum Gasteiger partial charge on any atom is -0.372 e. The van der Waals surface area contributed by atoms with Gasteiger partial charge in [-0.1, -0.05) is 0 Å². The molecule has 3 nitrogen and oxygen atoms in total. The van der Waals surface area contributed by atoms with Gasteiger partial charge in [-0.15, -0.1) is 0 Å². The van der Waals surface area contributed by atoms with Crippen LogP contribution in [-0.4, -0.2) is 24.4 Å². The number of nitrogens with one attached hydrogen (secondary N) is 2. The zero-order valence-electron chi connectivity index (χ0n) is 10.1. The number of piperidine rings is 1. The molecular weight excluding hydrogens is 257 g/mol. The normalized spacial score (nSPS) is 21.3. The van der Waals surface area contributed by atoms with E-state index in [1.807, 2.05) is 0 Å². The van der Waals surface area contributed by atoms with Gasteiger partial charge in [-0.05, 0) is 44.1 Å². The van der Waals surface area contributed by atoms with Gasteiger partial charge in [-0.3, -0.25) is 4.79 Å². The maximum Gasteiger partial charge on any atom is 0.416 e. The summed E-state index contributed by atoms with van der Waals surface area (Å²) in [5, 5.41) is 6.27. The summed E-state index contributed by atoms with van der Waals surface area (Å²) in [6.45, 7) is 1.39. The number of benzene rings is 1. The van der Waals surface area contributed by atoms with Crippen molar-refractivity contribution in [3.63, 3.8) is 0 Å². The maximum absolute atomic E-state index is 12.7. The van der Waals surface area contributed by atoms with Gasteiger partial charge in [0.25, 0.3) is 0 Å². The van der Waals surface area contributed by atoms with Crippen LogP contribution in [0, 0.1) is 0 Å². The molecule has 3 rings (SSSR count). The Morgan fingerprint density at radius 2 is 1.84 bits per heavy atom. The quantitative estimate of drug-likeness (QED) is 0.760. The van der Waals surface area contributed by atoms with Gasteiger partial charge in [-0.25, -0.2) is 0 Å². The van der Waals surface area contributed by atoms with Crippen molar-refractivity contribution in [3.05, 3.63) is 29.3 Å². The highest BCUT2D eigenvalue weighted by Gasteiger charge is 2.46. The first kappa shape index (κ1) is 12.5. The Morgan fingerprint density at radius 1 is 1.16 bits per heavy atom. The molecule has 2 aliphatic rings. The Bertz CT molecular complexity index is 533. The Labute approximate surface area is 108 Å². The van der Waals surface area contributed by atoms with E-state index in [9.17, 15) is 18.0 Å². The first-order chi connectivity index (χ1) is 8.92. The van der Waals surface area contributed by atoms with Gasteiger partial charge in [0.2, 0.25) is 0 Å². The van der Waals surface area contributed by atoms with Gasteiger partial charge < -0.3 is 10.6 Å². The largest absolute Gasteiger partial charge is 0.416 e.